The van der Waals surface area contributed by atoms with Crippen LogP contribution in [0.1, 0.15) is 41.2 Å². The Balaban J connectivity index is 2.69. The highest BCUT2D eigenvalue weighted by Gasteiger charge is 2.12. The summed E-state index contributed by atoms with van der Waals surface area (Å²) in [5, 5.41) is 9.91. The van der Waals surface area contributed by atoms with Gasteiger partial charge < -0.3 is 5.11 Å². The third-order valence-corrected chi connectivity index (χ3v) is 3.75. The normalized spacial score (nSPS) is 12.9. The van der Waals surface area contributed by atoms with Gasteiger partial charge in [0.1, 0.15) is 0 Å². The maximum absolute atomic E-state index is 9.91. The minimum Gasteiger partial charge on any atom is -0.387 e. The van der Waals surface area contributed by atoms with Crippen molar-refractivity contribution in [1.29, 1.82) is 0 Å². The average molecular weight is 210 g/mol. The number of aliphatic hydroxyl groups is 1. The van der Waals surface area contributed by atoms with Crippen molar-refractivity contribution in [3.8, 4) is 0 Å². The monoisotopic (exact) mass is 210 g/mol. The van der Waals surface area contributed by atoms with Crippen LogP contribution < -0.4 is 0 Å². The zero-order valence-corrected chi connectivity index (χ0v) is 9.95. The summed E-state index contributed by atoms with van der Waals surface area (Å²) in [6, 6.07) is 2.08. The standard InChI is InChI=1S/C12H18OS/c1-5-8(2)6-11(13)12-7-9(3)10(4)14-12/h7,11,13H,2,5-6H2,1,3-4H3. The molecule has 14 heavy (non-hydrogen) atoms. The highest BCUT2D eigenvalue weighted by molar-refractivity contribution is 7.12. The number of hydrogen-bond donors (Lipinski definition) is 1. The maximum atomic E-state index is 9.91. The van der Waals surface area contributed by atoms with Gasteiger partial charge in [0.15, 0.2) is 0 Å². The van der Waals surface area contributed by atoms with Crippen molar-refractivity contribution in [3.05, 3.63) is 33.5 Å². The van der Waals surface area contributed by atoms with Crippen molar-refractivity contribution in [3.63, 3.8) is 0 Å². The van der Waals surface area contributed by atoms with Crippen LogP contribution in [0.3, 0.4) is 0 Å². The second-order valence-corrected chi connectivity index (χ2v) is 5.00. The first-order valence-electron chi connectivity index (χ1n) is 4.96. The van der Waals surface area contributed by atoms with Gasteiger partial charge in [-0.05, 0) is 38.3 Å². The summed E-state index contributed by atoms with van der Waals surface area (Å²) in [5.74, 6) is 0. The summed E-state index contributed by atoms with van der Waals surface area (Å²) >= 11 is 1.68. The number of aryl methyl sites for hydroxylation is 2. The number of rotatable bonds is 4. The summed E-state index contributed by atoms with van der Waals surface area (Å²) < 4.78 is 0. The van der Waals surface area contributed by atoms with E-state index >= 15 is 0 Å². The summed E-state index contributed by atoms with van der Waals surface area (Å²) in [4.78, 5) is 2.36. The Labute approximate surface area is 90.1 Å². The SMILES string of the molecule is C=C(CC)CC(O)c1cc(C)c(C)s1. The van der Waals surface area contributed by atoms with Crippen molar-refractivity contribution in [2.45, 2.75) is 39.7 Å². The molecular formula is C12H18OS. The van der Waals surface area contributed by atoms with Gasteiger partial charge >= 0.3 is 0 Å². The van der Waals surface area contributed by atoms with Crippen LogP contribution in [-0.2, 0) is 0 Å². The quantitative estimate of drug-likeness (QED) is 0.750. The largest absolute Gasteiger partial charge is 0.387 e. The zero-order chi connectivity index (χ0) is 10.7. The molecule has 0 saturated carbocycles. The molecule has 1 rings (SSSR count). The smallest absolute Gasteiger partial charge is 0.0919 e. The van der Waals surface area contributed by atoms with Crippen LogP contribution in [0, 0.1) is 13.8 Å². The zero-order valence-electron chi connectivity index (χ0n) is 9.13. The van der Waals surface area contributed by atoms with Crippen molar-refractivity contribution in [2.24, 2.45) is 0 Å². The van der Waals surface area contributed by atoms with Crippen LogP contribution in [-0.4, -0.2) is 5.11 Å². The van der Waals surface area contributed by atoms with Crippen LogP contribution in [0.4, 0.5) is 0 Å². The van der Waals surface area contributed by atoms with Gasteiger partial charge in [-0.15, -0.1) is 11.3 Å². The lowest BCUT2D eigenvalue weighted by Crippen LogP contribution is -1.95. The minimum absolute atomic E-state index is 0.361. The Morgan fingerprint density at radius 1 is 1.57 bits per heavy atom. The molecule has 1 aromatic heterocycles. The predicted molar refractivity (Wildman–Crippen MR) is 62.8 cm³/mol. The Kier molecular flexibility index (Phi) is 3.90. The van der Waals surface area contributed by atoms with Gasteiger partial charge in [0.25, 0.3) is 0 Å². The lowest BCUT2D eigenvalue weighted by Gasteiger charge is -2.08. The topological polar surface area (TPSA) is 20.2 Å². The first kappa shape index (κ1) is 11.5. The Morgan fingerprint density at radius 2 is 2.21 bits per heavy atom. The molecular weight excluding hydrogens is 192 g/mol. The van der Waals surface area contributed by atoms with Gasteiger partial charge in [-0.2, -0.15) is 0 Å². The molecule has 0 bridgehead atoms. The van der Waals surface area contributed by atoms with Gasteiger partial charge in [0, 0.05) is 9.75 Å². The minimum atomic E-state index is -0.361. The van der Waals surface area contributed by atoms with E-state index in [0.29, 0.717) is 6.42 Å². The lowest BCUT2D eigenvalue weighted by molar-refractivity contribution is 0.181. The van der Waals surface area contributed by atoms with E-state index < -0.39 is 0 Å². The van der Waals surface area contributed by atoms with Gasteiger partial charge in [0.05, 0.1) is 6.10 Å². The van der Waals surface area contributed by atoms with Crippen LogP contribution in [0.2, 0.25) is 0 Å². The highest BCUT2D eigenvalue weighted by Crippen LogP contribution is 2.30. The van der Waals surface area contributed by atoms with Gasteiger partial charge in [-0.1, -0.05) is 19.1 Å². The van der Waals surface area contributed by atoms with E-state index in [1.807, 2.05) is 0 Å². The molecule has 1 heterocycles. The van der Waals surface area contributed by atoms with Gasteiger partial charge in [0.2, 0.25) is 0 Å². The number of thiophene rings is 1. The van der Waals surface area contributed by atoms with Crippen molar-refractivity contribution in [2.75, 3.05) is 0 Å². The average Bonchev–Trinajstić information content (AvgIpc) is 2.47. The van der Waals surface area contributed by atoms with E-state index in [0.717, 1.165) is 16.9 Å². The molecule has 0 fully saturated rings. The molecule has 1 nitrogen and oxygen atoms in total. The second kappa shape index (κ2) is 4.76. The molecule has 0 aromatic carbocycles. The molecule has 1 aromatic rings. The highest BCUT2D eigenvalue weighted by atomic mass is 32.1. The van der Waals surface area contributed by atoms with Crippen LogP contribution in [0.5, 0.6) is 0 Å². The van der Waals surface area contributed by atoms with Gasteiger partial charge in [-0.3, -0.25) is 0 Å². The van der Waals surface area contributed by atoms with Crippen LogP contribution in [0.15, 0.2) is 18.2 Å². The van der Waals surface area contributed by atoms with Crippen LogP contribution in [0.25, 0.3) is 0 Å². The van der Waals surface area contributed by atoms with E-state index in [-0.39, 0.29) is 6.10 Å². The molecule has 0 aliphatic carbocycles. The number of hydrogen-bond acceptors (Lipinski definition) is 2. The van der Waals surface area contributed by atoms with Crippen molar-refractivity contribution in [1.82, 2.24) is 0 Å². The third-order valence-electron chi connectivity index (χ3n) is 2.50. The van der Waals surface area contributed by atoms with Crippen molar-refractivity contribution < 1.29 is 5.11 Å². The molecule has 0 saturated heterocycles. The first-order chi connectivity index (χ1) is 6.54. The molecule has 1 N–H and O–H groups in total. The molecule has 1 atom stereocenters. The van der Waals surface area contributed by atoms with E-state index in [4.69, 9.17) is 0 Å². The molecule has 0 radical (unpaired) electrons. The summed E-state index contributed by atoms with van der Waals surface area (Å²) in [7, 11) is 0. The molecule has 0 aliphatic heterocycles. The molecule has 78 valence electrons. The van der Waals surface area contributed by atoms with E-state index in [2.05, 4.69) is 33.4 Å². The molecule has 1 unspecified atom stereocenters. The molecule has 0 aliphatic rings. The second-order valence-electron chi connectivity index (χ2n) is 3.71. The van der Waals surface area contributed by atoms with E-state index in [1.54, 1.807) is 11.3 Å². The Hall–Kier alpha value is -0.600. The molecule has 2 heteroatoms. The molecule has 0 amide bonds. The first-order valence-corrected chi connectivity index (χ1v) is 5.77. The van der Waals surface area contributed by atoms with Gasteiger partial charge in [-0.25, -0.2) is 0 Å². The van der Waals surface area contributed by atoms with E-state index in [9.17, 15) is 5.11 Å². The fourth-order valence-corrected chi connectivity index (χ4v) is 2.31. The summed E-state index contributed by atoms with van der Waals surface area (Å²) in [5.41, 5.74) is 2.38. The Morgan fingerprint density at radius 3 is 2.64 bits per heavy atom. The Bertz CT molecular complexity index is 306. The van der Waals surface area contributed by atoms with Crippen LogP contribution >= 0.6 is 11.3 Å². The number of aliphatic hydroxyl groups excluding tert-OH is 1. The lowest BCUT2D eigenvalue weighted by atomic mass is 10.1. The van der Waals surface area contributed by atoms with Crippen molar-refractivity contribution >= 4 is 11.3 Å². The summed E-state index contributed by atoms with van der Waals surface area (Å²) in [6.45, 7) is 10.2. The fourth-order valence-electron chi connectivity index (χ4n) is 1.28. The molecule has 0 spiro atoms. The maximum Gasteiger partial charge on any atom is 0.0919 e. The van der Waals surface area contributed by atoms with E-state index in [1.165, 1.54) is 10.4 Å². The summed E-state index contributed by atoms with van der Waals surface area (Å²) in [6.07, 6.45) is 1.27. The fraction of sp³-hybridized carbons (Fsp3) is 0.500. The predicted octanol–water partition coefficient (Wildman–Crippen LogP) is 3.75. The third kappa shape index (κ3) is 2.69.